The van der Waals surface area contributed by atoms with Gasteiger partial charge in [-0.15, -0.1) is 0 Å². The predicted molar refractivity (Wildman–Crippen MR) is 132 cm³/mol. The molecule has 0 radical (unpaired) electrons. The summed E-state index contributed by atoms with van der Waals surface area (Å²) in [5, 5.41) is 9.19. The van der Waals surface area contributed by atoms with Crippen LogP contribution in [-0.2, 0) is 14.4 Å². The van der Waals surface area contributed by atoms with E-state index in [1.165, 1.54) is 6.21 Å². The highest BCUT2D eigenvalue weighted by atomic mass is 16.5. The molecule has 0 aliphatic heterocycles. The summed E-state index contributed by atoms with van der Waals surface area (Å²) in [6.45, 7) is 5.50. The van der Waals surface area contributed by atoms with Crippen LogP contribution < -0.4 is 20.8 Å². The molecule has 0 aliphatic rings. The minimum Gasteiger partial charge on any atom is -0.484 e. The number of para-hydroxylation sites is 1. The molecule has 3 amide bonds. The Morgan fingerprint density at radius 2 is 1.53 bits per heavy atom. The molecule has 0 aliphatic carbocycles. The van der Waals surface area contributed by atoms with Gasteiger partial charge in [0, 0.05) is 11.4 Å². The number of rotatable bonds is 7. The van der Waals surface area contributed by atoms with Crippen molar-refractivity contribution in [3.63, 3.8) is 0 Å². The van der Waals surface area contributed by atoms with Crippen molar-refractivity contribution in [1.82, 2.24) is 5.43 Å². The van der Waals surface area contributed by atoms with E-state index in [0.29, 0.717) is 22.7 Å². The highest BCUT2D eigenvalue weighted by molar-refractivity contribution is 6.39. The maximum Gasteiger partial charge on any atom is 0.329 e. The summed E-state index contributed by atoms with van der Waals surface area (Å²) in [4.78, 5) is 36.3. The van der Waals surface area contributed by atoms with Crippen LogP contribution in [0.1, 0.15) is 22.3 Å². The maximum absolute atomic E-state index is 12.2. The average Bonchev–Trinajstić information content (AvgIpc) is 2.82. The Kier molecular flexibility index (Phi) is 8.12. The van der Waals surface area contributed by atoms with E-state index in [1.807, 2.05) is 63.2 Å². The monoisotopic (exact) mass is 458 g/mol. The van der Waals surface area contributed by atoms with Gasteiger partial charge in [-0.2, -0.15) is 5.10 Å². The summed E-state index contributed by atoms with van der Waals surface area (Å²) in [5.74, 6) is -1.53. The number of hydrogen-bond acceptors (Lipinski definition) is 5. The van der Waals surface area contributed by atoms with Crippen LogP contribution in [0, 0.1) is 20.8 Å². The number of amides is 3. The van der Waals surface area contributed by atoms with Crippen molar-refractivity contribution in [1.29, 1.82) is 0 Å². The van der Waals surface area contributed by atoms with E-state index in [4.69, 9.17) is 4.74 Å². The van der Waals surface area contributed by atoms with Crippen molar-refractivity contribution in [2.45, 2.75) is 20.8 Å². The summed E-state index contributed by atoms with van der Waals surface area (Å²) in [7, 11) is 0. The number of carbonyl (C=O) groups excluding carboxylic acids is 3. The fourth-order valence-corrected chi connectivity index (χ4v) is 3.07. The first-order valence-electron chi connectivity index (χ1n) is 10.6. The van der Waals surface area contributed by atoms with E-state index in [1.54, 1.807) is 24.3 Å². The number of ether oxygens (including phenoxy) is 1. The Labute approximate surface area is 198 Å². The standard InChI is InChI=1S/C26H26N4O4/c1-17-10-12-21(13-11-17)28-23(31)16-34-22-9-5-8-20(14-22)15-27-30-26(33)25(32)29-24-18(2)6-4-7-19(24)3/h4-15H,16H2,1-3H3,(H,28,31)(H,29,32)(H,30,33)/b27-15-. The summed E-state index contributed by atoms with van der Waals surface area (Å²) in [6.07, 6.45) is 1.38. The molecule has 3 N–H and O–H groups in total. The van der Waals surface area contributed by atoms with Crippen LogP contribution in [0.15, 0.2) is 71.8 Å². The van der Waals surface area contributed by atoms with Gasteiger partial charge in [0.1, 0.15) is 5.75 Å². The molecule has 0 atom stereocenters. The molecule has 34 heavy (non-hydrogen) atoms. The minimum atomic E-state index is -0.890. The van der Waals surface area contributed by atoms with Crippen LogP contribution in [0.2, 0.25) is 0 Å². The van der Waals surface area contributed by atoms with Gasteiger partial charge < -0.3 is 15.4 Å². The van der Waals surface area contributed by atoms with Gasteiger partial charge in [0.2, 0.25) is 0 Å². The molecule has 3 aromatic rings. The second-order valence-corrected chi connectivity index (χ2v) is 7.70. The third kappa shape index (κ3) is 7.03. The van der Waals surface area contributed by atoms with E-state index >= 15 is 0 Å². The Bertz CT molecular complexity index is 1200. The predicted octanol–water partition coefficient (Wildman–Crippen LogP) is 3.72. The Morgan fingerprint density at radius 1 is 0.853 bits per heavy atom. The Morgan fingerprint density at radius 3 is 2.24 bits per heavy atom. The second kappa shape index (κ2) is 11.4. The molecule has 8 nitrogen and oxygen atoms in total. The summed E-state index contributed by atoms with van der Waals surface area (Å²) in [6, 6.07) is 19.9. The van der Waals surface area contributed by atoms with Crippen LogP contribution in [0.4, 0.5) is 11.4 Å². The lowest BCUT2D eigenvalue weighted by Gasteiger charge is -2.10. The highest BCUT2D eigenvalue weighted by Gasteiger charge is 2.15. The fourth-order valence-electron chi connectivity index (χ4n) is 3.07. The smallest absolute Gasteiger partial charge is 0.329 e. The largest absolute Gasteiger partial charge is 0.484 e. The lowest BCUT2D eigenvalue weighted by atomic mass is 10.1. The van der Waals surface area contributed by atoms with Crippen LogP contribution in [0.5, 0.6) is 5.75 Å². The Hall–Kier alpha value is -4.46. The van der Waals surface area contributed by atoms with Crippen LogP contribution >= 0.6 is 0 Å². The molecule has 0 aromatic heterocycles. The summed E-state index contributed by atoms with van der Waals surface area (Å²) < 4.78 is 5.53. The van der Waals surface area contributed by atoms with Crippen molar-refractivity contribution in [2.75, 3.05) is 17.2 Å². The molecule has 3 aromatic carbocycles. The molecule has 174 valence electrons. The van der Waals surface area contributed by atoms with Crippen molar-refractivity contribution in [2.24, 2.45) is 5.10 Å². The van der Waals surface area contributed by atoms with Gasteiger partial charge in [0.15, 0.2) is 6.61 Å². The van der Waals surface area contributed by atoms with Gasteiger partial charge in [-0.3, -0.25) is 14.4 Å². The third-order valence-electron chi connectivity index (χ3n) is 4.87. The number of anilines is 2. The molecule has 0 saturated carbocycles. The van der Waals surface area contributed by atoms with Crippen molar-refractivity contribution in [3.05, 3.63) is 89.0 Å². The quantitative estimate of drug-likeness (QED) is 0.285. The molecular formula is C26H26N4O4. The molecule has 0 saturated heterocycles. The van der Waals surface area contributed by atoms with Gasteiger partial charge >= 0.3 is 11.8 Å². The first-order chi connectivity index (χ1) is 16.3. The zero-order chi connectivity index (χ0) is 24.5. The summed E-state index contributed by atoms with van der Waals surface area (Å²) in [5.41, 5.74) is 6.93. The SMILES string of the molecule is Cc1ccc(NC(=O)COc2cccc(/C=N\NC(=O)C(=O)Nc3c(C)cccc3C)c2)cc1. The number of hydrogen-bond donors (Lipinski definition) is 3. The number of hydrazone groups is 1. The van der Waals surface area contributed by atoms with Crippen molar-refractivity contribution >= 4 is 35.3 Å². The van der Waals surface area contributed by atoms with E-state index in [9.17, 15) is 14.4 Å². The number of benzene rings is 3. The van der Waals surface area contributed by atoms with Crippen LogP contribution in [0.25, 0.3) is 0 Å². The molecule has 0 heterocycles. The normalized spacial score (nSPS) is 10.6. The first kappa shape index (κ1) is 24.2. The molecule has 3 rings (SSSR count). The van der Waals surface area contributed by atoms with E-state index in [0.717, 1.165) is 16.7 Å². The third-order valence-corrected chi connectivity index (χ3v) is 4.87. The van der Waals surface area contributed by atoms with Gasteiger partial charge in [0.05, 0.1) is 6.21 Å². The number of nitrogens with zero attached hydrogens (tertiary/aromatic N) is 1. The topological polar surface area (TPSA) is 109 Å². The number of carbonyl (C=O) groups is 3. The lowest BCUT2D eigenvalue weighted by molar-refractivity contribution is -0.136. The number of aryl methyl sites for hydroxylation is 3. The van der Waals surface area contributed by atoms with Gasteiger partial charge in [-0.1, -0.05) is 48.0 Å². The van der Waals surface area contributed by atoms with Gasteiger partial charge in [-0.05, 0) is 61.7 Å². The van der Waals surface area contributed by atoms with E-state index < -0.39 is 11.8 Å². The molecule has 8 heteroatoms. The maximum atomic E-state index is 12.2. The van der Waals surface area contributed by atoms with Gasteiger partial charge in [-0.25, -0.2) is 5.43 Å². The molecule has 0 bridgehead atoms. The van der Waals surface area contributed by atoms with E-state index in [-0.39, 0.29) is 12.5 Å². The minimum absolute atomic E-state index is 0.163. The lowest BCUT2D eigenvalue weighted by Crippen LogP contribution is -2.32. The van der Waals surface area contributed by atoms with Crippen molar-refractivity contribution in [3.8, 4) is 5.75 Å². The van der Waals surface area contributed by atoms with Crippen molar-refractivity contribution < 1.29 is 19.1 Å². The average molecular weight is 459 g/mol. The molecule has 0 spiro atoms. The second-order valence-electron chi connectivity index (χ2n) is 7.70. The van der Waals surface area contributed by atoms with E-state index in [2.05, 4.69) is 21.2 Å². The van der Waals surface area contributed by atoms with Crippen LogP contribution in [0.3, 0.4) is 0 Å². The molecular weight excluding hydrogens is 432 g/mol. The number of nitrogens with one attached hydrogen (secondary N) is 3. The molecule has 0 unspecified atom stereocenters. The fraction of sp³-hybridized carbons (Fsp3) is 0.154. The molecule has 0 fully saturated rings. The van der Waals surface area contributed by atoms with Gasteiger partial charge in [0.25, 0.3) is 5.91 Å². The first-order valence-corrected chi connectivity index (χ1v) is 10.6. The zero-order valence-electron chi connectivity index (χ0n) is 19.2. The highest BCUT2D eigenvalue weighted by Crippen LogP contribution is 2.19. The Balaban J connectivity index is 1.49. The zero-order valence-corrected chi connectivity index (χ0v) is 19.2. The summed E-state index contributed by atoms with van der Waals surface area (Å²) >= 11 is 0. The van der Waals surface area contributed by atoms with Crippen LogP contribution in [-0.4, -0.2) is 30.5 Å².